The van der Waals surface area contributed by atoms with Crippen molar-refractivity contribution in [3.8, 4) is 22.8 Å². The summed E-state index contributed by atoms with van der Waals surface area (Å²) >= 11 is 0.919. The number of aliphatic hydroxyl groups excluding tert-OH is 1. The van der Waals surface area contributed by atoms with Gasteiger partial charge in [-0.25, -0.2) is 4.98 Å². The SMILES string of the molecule is O=C(C1=C(C(F)(F)F)NC(=O)c2ccc(-c3ccc4c(c3)OCO4)nc2C1O)c1cccs1. The molecule has 7 nitrogen and oxygen atoms in total. The minimum absolute atomic E-state index is 0.0181. The van der Waals surface area contributed by atoms with Crippen LogP contribution in [0.5, 0.6) is 11.5 Å². The number of halogens is 3. The molecule has 3 aromatic rings. The Hall–Kier alpha value is -3.70. The molecule has 0 fully saturated rings. The predicted octanol–water partition coefficient (Wildman–Crippen LogP) is 4.01. The number of nitrogens with zero attached hydrogens (tertiary/aromatic N) is 1. The van der Waals surface area contributed by atoms with E-state index in [1.54, 1.807) is 23.5 Å². The quantitative estimate of drug-likeness (QED) is 0.557. The van der Waals surface area contributed by atoms with Gasteiger partial charge in [-0.15, -0.1) is 11.3 Å². The van der Waals surface area contributed by atoms with Crippen molar-refractivity contribution in [1.29, 1.82) is 0 Å². The van der Waals surface area contributed by atoms with Crippen molar-refractivity contribution in [1.82, 2.24) is 10.3 Å². The van der Waals surface area contributed by atoms with Crippen LogP contribution in [0.2, 0.25) is 0 Å². The largest absolute Gasteiger partial charge is 0.454 e. The van der Waals surface area contributed by atoms with Gasteiger partial charge in [0.2, 0.25) is 12.6 Å². The lowest BCUT2D eigenvalue weighted by Crippen LogP contribution is -2.33. The third-order valence-electron chi connectivity index (χ3n) is 5.15. The number of rotatable bonds is 3. The number of ketones is 1. The number of thiophene rings is 1. The molecule has 0 bridgehead atoms. The number of benzene rings is 1. The number of hydrogen-bond donors (Lipinski definition) is 2. The summed E-state index contributed by atoms with van der Waals surface area (Å²) in [6.07, 6.45) is -7.19. The van der Waals surface area contributed by atoms with Gasteiger partial charge in [-0.1, -0.05) is 6.07 Å². The topological polar surface area (TPSA) is 97.8 Å². The van der Waals surface area contributed by atoms with E-state index in [1.807, 2.05) is 0 Å². The van der Waals surface area contributed by atoms with Gasteiger partial charge in [0.1, 0.15) is 11.8 Å². The third kappa shape index (κ3) is 3.64. The number of carbonyl (C=O) groups is 2. The Balaban J connectivity index is 1.66. The molecule has 4 heterocycles. The Morgan fingerprint density at radius 3 is 2.67 bits per heavy atom. The number of carbonyl (C=O) groups excluding carboxylic acids is 2. The second-order valence-corrected chi connectivity index (χ2v) is 8.09. The number of nitrogens with one attached hydrogen (secondary N) is 1. The molecule has 33 heavy (non-hydrogen) atoms. The highest BCUT2D eigenvalue weighted by Gasteiger charge is 2.45. The number of fused-ring (bicyclic) bond motifs is 2. The highest BCUT2D eigenvalue weighted by Crippen LogP contribution is 2.40. The average molecular weight is 474 g/mol. The zero-order valence-electron chi connectivity index (χ0n) is 16.5. The number of amides is 1. The molecule has 1 atom stereocenters. The summed E-state index contributed by atoms with van der Waals surface area (Å²) in [4.78, 5) is 29.8. The van der Waals surface area contributed by atoms with Gasteiger partial charge in [0.25, 0.3) is 5.91 Å². The van der Waals surface area contributed by atoms with Gasteiger partial charge in [0, 0.05) is 5.56 Å². The van der Waals surface area contributed by atoms with E-state index in [4.69, 9.17) is 9.47 Å². The second kappa shape index (κ2) is 7.71. The molecule has 168 valence electrons. The fourth-order valence-electron chi connectivity index (χ4n) is 3.62. The Morgan fingerprint density at radius 2 is 1.94 bits per heavy atom. The zero-order valence-corrected chi connectivity index (χ0v) is 17.3. The van der Waals surface area contributed by atoms with Gasteiger partial charge in [-0.2, -0.15) is 13.2 Å². The summed E-state index contributed by atoms with van der Waals surface area (Å²) in [6, 6.07) is 10.4. The van der Waals surface area contributed by atoms with Gasteiger partial charge in [0.15, 0.2) is 11.5 Å². The molecule has 2 aliphatic rings. The number of hydrogen-bond acceptors (Lipinski definition) is 7. The van der Waals surface area contributed by atoms with Crippen LogP contribution in [-0.4, -0.2) is 34.8 Å². The molecule has 11 heteroatoms. The van der Waals surface area contributed by atoms with Crippen LogP contribution in [0.3, 0.4) is 0 Å². The van der Waals surface area contributed by atoms with E-state index in [2.05, 4.69) is 4.98 Å². The van der Waals surface area contributed by atoms with E-state index in [9.17, 15) is 27.9 Å². The molecule has 5 rings (SSSR count). The fraction of sp³-hybridized carbons (Fsp3) is 0.136. The molecule has 0 aliphatic carbocycles. The van der Waals surface area contributed by atoms with Crippen LogP contribution in [0, 0.1) is 0 Å². The molecule has 2 aliphatic heterocycles. The smallest absolute Gasteiger partial charge is 0.431 e. The number of aliphatic hydroxyl groups is 1. The molecule has 0 saturated heterocycles. The van der Waals surface area contributed by atoms with Crippen LogP contribution >= 0.6 is 11.3 Å². The normalized spacial score (nSPS) is 17.5. The molecule has 0 radical (unpaired) electrons. The van der Waals surface area contributed by atoms with Crippen LogP contribution in [0.4, 0.5) is 13.2 Å². The Morgan fingerprint density at radius 1 is 1.15 bits per heavy atom. The van der Waals surface area contributed by atoms with Crippen molar-refractivity contribution in [3.63, 3.8) is 0 Å². The maximum Gasteiger partial charge on any atom is 0.431 e. The summed E-state index contributed by atoms with van der Waals surface area (Å²) in [7, 11) is 0. The van der Waals surface area contributed by atoms with Crippen LogP contribution in [-0.2, 0) is 0 Å². The van der Waals surface area contributed by atoms with Gasteiger partial charge in [-0.05, 0) is 41.8 Å². The summed E-state index contributed by atoms with van der Waals surface area (Å²) in [5, 5.41) is 14.2. The standard InChI is InChI=1S/C22H13F3N2O5S/c23-22(24,25)20-16(18(28)15-2-1-7-33-15)19(29)17-11(21(30)27-20)4-5-12(26-17)10-3-6-13-14(8-10)32-9-31-13/h1-8,19,29H,9H2,(H,27,30). The predicted molar refractivity (Wildman–Crippen MR) is 110 cm³/mol. The van der Waals surface area contributed by atoms with Crippen molar-refractivity contribution >= 4 is 23.0 Å². The van der Waals surface area contributed by atoms with Crippen molar-refractivity contribution in [2.45, 2.75) is 12.3 Å². The molecule has 1 aromatic carbocycles. The monoisotopic (exact) mass is 474 g/mol. The van der Waals surface area contributed by atoms with E-state index in [-0.39, 0.29) is 28.6 Å². The molecular formula is C22H13F3N2O5S. The van der Waals surface area contributed by atoms with E-state index in [0.717, 1.165) is 11.3 Å². The van der Waals surface area contributed by atoms with Gasteiger partial charge in [0.05, 0.1) is 27.4 Å². The number of Topliss-reactive ketones (excluding diaryl/α,β-unsaturated/α-hetero) is 1. The molecule has 0 saturated carbocycles. The van der Waals surface area contributed by atoms with Crippen LogP contribution in [0.15, 0.2) is 59.1 Å². The molecule has 2 aromatic heterocycles. The summed E-state index contributed by atoms with van der Waals surface area (Å²) in [5.41, 5.74) is -2.46. The maximum absolute atomic E-state index is 13.8. The van der Waals surface area contributed by atoms with Crippen molar-refractivity contribution < 1.29 is 37.3 Å². The minimum atomic E-state index is -5.10. The first-order valence-corrected chi connectivity index (χ1v) is 10.4. The van der Waals surface area contributed by atoms with E-state index in [1.165, 1.54) is 29.6 Å². The number of aromatic nitrogens is 1. The molecule has 1 amide bonds. The van der Waals surface area contributed by atoms with Crippen LogP contribution < -0.4 is 14.8 Å². The van der Waals surface area contributed by atoms with E-state index < -0.39 is 35.2 Å². The molecule has 0 spiro atoms. The molecule has 1 unspecified atom stereocenters. The number of pyridine rings is 1. The second-order valence-electron chi connectivity index (χ2n) is 7.15. The third-order valence-corrected chi connectivity index (χ3v) is 6.02. The van der Waals surface area contributed by atoms with Crippen molar-refractivity contribution in [3.05, 3.63) is 75.2 Å². The van der Waals surface area contributed by atoms with Gasteiger partial charge >= 0.3 is 6.18 Å². The van der Waals surface area contributed by atoms with E-state index in [0.29, 0.717) is 17.1 Å². The van der Waals surface area contributed by atoms with Gasteiger partial charge in [-0.3, -0.25) is 9.59 Å². The van der Waals surface area contributed by atoms with Crippen LogP contribution in [0.1, 0.15) is 31.8 Å². The first-order valence-electron chi connectivity index (χ1n) is 9.54. The van der Waals surface area contributed by atoms with E-state index >= 15 is 0 Å². The first-order chi connectivity index (χ1) is 15.7. The average Bonchev–Trinajstić information content (AvgIpc) is 3.46. The number of ether oxygens (including phenoxy) is 2. The lowest BCUT2D eigenvalue weighted by molar-refractivity contribution is -0.0973. The van der Waals surface area contributed by atoms with Crippen molar-refractivity contribution in [2.24, 2.45) is 0 Å². The number of allylic oxidation sites excluding steroid dienone is 1. The molecule has 2 N–H and O–H groups in total. The fourth-order valence-corrected chi connectivity index (χ4v) is 4.29. The lowest BCUT2D eigenvalue weighted by Gasteiger charge is -2.18. The summed E-state index contributed by atoms with van der Waals surface area (Å²) in [6.45, 7) is 0.0501. The first kappa shape index (κ1) is 21.2. The minimum Gasteiger partial charge on any atom is -0.454 e. The maximum atomic E-state index is 13.8. The lowest BCUT2D eigenvalue weighted by atomic mass is 9.96. The number of alkyl halides is 3. The highest BCUT2D eigenvalue weighted by molar-refractivity contribution is 7.12. The van der Waals surface area contributed by atoms with Crippen molar-refractivity contribution in [2.75, 3.05) is 6.79 Å². The van der Waals surface area contributed by atoms with Crippen LogP contribution in [0.25, 0.3) is 11.3 Å². The summed E-state index contributed by atoms with van der Waals surface area (Å²) in [5.74, 6) is -1.20. The Bertz CT molecular complexity index is 1320. The van der Waals surface area contributed by atoms with Gasteiger partial charge < -0.3 is 19.9 Å². The highest BCUT2D eigenvalue weighted by atomic mass is 32.1. The zero-order chi connectivity index (χ0) is 23.3. The Kier molecular flexibility index (Phi) is 4.94. The summed E-state index contributed by atoms with van der Waals surface area (Å²) < 4.78 is 52.1. The molecular weight excluding hydrogens is 461 g/mol. The Labute approximate surface area is 188 Å².